The zero-order chi connectivity index (χ0) is 15.0. The molecule has 1 N–H and O–H groups in total. The fraction of sp³-hybridized carbons (Fsp3) is 1.00. The molecule has 1 aliphatic carbocycles. The fourth-order valence-electron chi connectivity index (χ4n) is 3.26. The van der Waals surface area contributed by atoms with Gasteiger partial charge in [-0.2, -0.15) is 0 Å². The molecule has 0 amide bonds. The summed E-state index contributed by atoms with van der Waals surface area (Å²) in [5, 5.41) is 3.35. The standard InChI is InChI=1S/C9H18.C6H13N.C4H8O/c1-2-9-7-5-3-4-6-8-9;1-2-4-6-7-5-3-1;1-2-4-5-3-1/h9H,2-8H2,1H3;7H,1-6H2;1-4H2. The van der Waals surface area contributed by atoms with Gasteiger partial charge in [-0.25, -0.2) is 0 Å². The molecule has 0 aromatic heterocycles. The van der Waals surface area contributed by atoms with Crippen molar-refractivity contribution in [3.05, 3.63) is 0 Å². The molecule has 2 nitrogen and oxygen atoms in total. The van der Waals surface area contributed by atoms with Crippen molar-refractivity contribution in [2.45, 2.75) is 90.4 Å². The molecule has 126 valence electrons. The highest BCUT2D eigenvalue weighted by atomic mass is 16.5. The molecule has 0 unspecified atom stereocenters. The number of hydrogen-bond acceptors (Lipinski definition) is 2. The van der Waals surface area contributed by atoms with Crippen LogP contribution in [0.4, 0.5) is 0 Å². The zero-order valence-electron chi connectivity index (χ0n) is 14.5. The van der Waals surface area contributed by atoms with Gasteiger partial charge in [0.15, 0.2) is 0 Å². The first-order valence-corrected chi connectivity index (χ1v) is 9.72. The predicted molar refractivity (Wildman–Crippen MR) is 92.9 cm³/mol. The second kappa shape index (κ2) is 14.8. The molecule has 3 aliphatic rings. The first-order valence-electron chi connectivity index (χ1n) is 9.72. The van der Waals surface area contributed by atoms with E-state index in [2.05, 4.69) is 12.2 Å². The van der Waals surface area contributed by atoms with E-state index < -0.39 is 0 Å². The molecular weight excluding hydrogens is 258 g/mol. The molecule has 3 fully saturated rings. The lowest BCUT2D eigenvalue weighted by Gasteiger charge is -2.08. The van der Waals surface area contributed by atoms with Gasteiger partial charge < -0.3 is 10.1 Å². The summed E-state index contributed by atoms with van der Waals surface area (Å²) < 4.78 is 4.94. The highest BCUT2D eigenvalue weighted by molar-refractivity contribution is 4.62. The number of hydrogen-bond donors (Lipinski definition) is 1. The highest BCUT2D eigenvalue weighted by Crippen LogP contribution is 2.24. The van der Waals surface area contributed by atoms with E-state index >= 15 is 0 Å². The summed E-state index contributed by atoms with van der Waals surface area (Å²) in [7, 11) is 0. The van der Waals surface area contributed by atoms with E-state index in [4.69, 9.17) is 4.74 Å². The third-order valence-electron chi connectivity index (χ3n) is 4.84. The van der Waals surface area contributed by atoms with E-state index in [9.17, 15) is 0 Å². The van der Waals surface area contributed by atoms with Crippen LogP contribution in [0.5, 0.6) is 0 Å². The van der Waals surface area contributed by atoms with Crippen LogP contribution in [0.25, 0.3) is 0 Å². The Morgan fingerprint density at radius 3 is 1.67 bits per heavy atom. The van der Waals surface area contributed by atoms with Crippen LogP contribution in [0.3, 0.4) is 0 Å². The van der Waals surface area contributed by atoms with Gasteiger partial charge in [0.1, 0.15) is 0 Å². The minimum atomic E-state index is 1.00. The maximum Gasteiger partial charge on any atom is 0.0466 e. The van der Waals surface area contributed by atoms with Crippen molar-refractivity contribution in [2.75, 3.05) is 26.3 Å². The third-order valence-corrected chi connectivity index (χ3v) is 4.84. The van der Waals surface area contributed by atoms with E-state index in [1.165, 1.54) is 96.6 Å². The lowest BCUT2D eigenvalue weighted by molar-refractivity contribution is 0.198. The van der Waals surface area contributed by atoms with Crippen LogP contribution in [-0.2, 0) is 4.74 Å². The Labute approximate surface area is 133 Å². The van der Waals surface area contributed by atoms with Gasteiger partial charge in [0.25, 0.3) is 0 Å². The molecule has 0 spiro atoms. The summed E-state index contributed by atoms with van der Waals surface area (Å²) in [6.07, 6.45) is 18.6. The molecule has 1 saturated carbocycles. The van der Waals surface area contributed by atoms with E-state index in [1.54, 1.807) is 0 Å². The average Bonchev–Trinajstić information content (AvgIpc) is 2.83. The molecule has 0 bridgehead atoms. The van der Waals surface area contributed by atoms with Gasteiger partial charge >= 0.3 is 0 Å². The Kier molecular flexibility index (Phi) is 13.4. The van der Waals surface area contributed by atoms with Crippen molar-refractivity contribution in [1.29, 1.82) is 0 Å². The average molecular weight is 298 g/mol. The number of rotatable bonds is 1. The van der Waals surface area contributed by atoms with Gasteiger partial charge in [0, 0.05) is 13.2 Å². The summed E-state index contributed by atoms with van der Waals surface area (Å²) in [5.74, 6) is 1.08. The van der Waals surface area contributed by atoms with Crippen molar-refractivity contribution in [3.8, 4) is 0 Å². The first-order chi connectivity index (χ1) is 10.4. The van der Waals surface area contributed by atoms with Gasteiger partial charge in [0.2, 0.25) is 0 Å². The van der Waals surface area contributed by atoms with Crippen LogP contribution in [0.1, 0.15) is 90.4 Å². The zero-order valence-corrected chi connectivity index (χ0v) is 14.5. The lowest BCUT2D eigenvalue weighted by atomic mass is 9.98. The summed E-state index contributed by atoms with van der Waals surface area (Å²) in [5.41, 5.74) is 0. The summed E-state index contributed by atoms with van der Waals surface area (Å²) >= 11 is 0. The van der Waals surface area contributed by atoms with Gasteiger partial charge in [-0.05, 0) is 44.7 Å². The smallest absolute Gasteiger partial charge is 0.0466 e. The van der Waals surface area contributed by atoms with E-state index in [0.29, 0.717) is 0 Å². The minimum Gasteiger partial charge on any atom is -0.381 e. The third kappa shape index (κ3) is 12.2. The second-order valence-electron chi connectivity index (χ2n) is 6.75. The van der Waals surface area contributed by atoms with Crippen LogP contribution in [0, 0.1) is 5.92 Å². The second-order valence-corrected chi connectivity index (χ2v) is 6.75. The van der Waals surface area contributed by atoms with Gasteiger partial charge in [-0.1, -0.05) is 64.7 Å². The van der Waals surface area contributed by atoms with Crippen LogP contribution in [-0.4, -0.2) is 26.3 Å². The Balaban J connectivity index is 0.000000164. The first kappa shape index (κ1) is 19.0. The summed E-state index contributed by atoms with van der Waals surface area (Å²) in [4.78, 5) is 0. The molecule has 2 heteroatoms. The molecule has 21 heavy (non-hydrogen) atoms. The Morgan fingerprint density at radius 1 is 0.714 bits per heavy atom. The van der Waals surface area contributed by atoms with Crippen LogP contribution in [0.2, 0.25) is 0 Å². The van der Waals surface area contributed by atoms with Crippen molar-refractivity contribution in [3.63, 3.8) is 0 Å². The van der Waals surface area contributed by atoms with Gasteiger partial charge in [-0.3, -0.25) is 0 Å². The van der Waals surface area contributed by atoms with Crippen molar-refractivity contribution >= 4 is 0 Å². The maximum absolute atomic E-state index is 4.94. The van der Waals surface area contributed by atoms with Gasteiger partial charge in [-0.15, -0.1) is 0 Å². The SMILES string of the molecule is C1CCCNCC1.C1CCOC1.CCC1CCCCCC1. The molecule has 2 heterocycles. The van der Waals surface area contributed by atoms with Crippen molar-refractivity contribution < 1.29 is 4.74 Å². The monoisotopic (exact) mass is 297 g/mol. The predicted octanol–water partition coefficient (Wildman–Crippen LogP) is 5.31. The topological polar surface area (TPSA) is 21.3 Å². The van der Waals surface area contributed by atoms with E-state index in [1.807, 2.05) is 0 Å². The van der Waals surface area contributed by atoms with Crippen LogP contribution < -0.4 is 5.32 Å². The fourth-order valence-corrected chi connectivity index (χ4v) is 3.26. The number of ether oxygens (including phenoxy) is 1. The molecule has 2 aliphatic heterocycles. The minimum absolute atomic E-state index is 1.00. The Hall–Kier alpha value is -0.0800. The molecule has 0 radical (unpaired) electrons. The molecule has 2 saturated heterocycles. The normalized spacial score (nSPS) is 23.9. The van der Waals surface area contributed by atoms with E-state index in [-0.39, 0.29) is 0 Å². The van der Waals surface area contributed by atoms with Crippen molar-refractivity contribution in [1.82, 2.24) is 5.32 Å². The van der Waals surface area contributed by atoms with Crippen LogP contribution >= 0.6 is 0 Å². The quantitative estimate of drug-likeness (QED) is 0.662. The summed E-state index contributed by atoms with van der Waals surface area (Å²) in [6, 6.07) is 0. The molecule has 0 aromatic rings. The van der Waals surface area contributed by atoms with Gasteiger partial charge in [0.05, 0.1) is 0 Å². The van der Waals surface area contributed by atoms with Crippen LogP contribution in [0.15, 0.2) is 0 Å². The van der Waals surface area contributed by atoms with E-state index in [0.717, 1.165) is 19.1 Å². The largest absolute Gasteiger partial charge is 0.381 e. The van der Waals surface area contributed by atoms with Crippen molar-refractivity contribution in [2.24, 2.45) is 5.92 Å². The molecule has 0 atom stereocenters. The molecule has 3 rings (SSSR count). The molecular formula is C19H39NO. The Bertz CT molecular complexity index is 168. The highest BCUT2D eigenvalue weighted by Gasteiger charge is 2.08. The maximum atomic E-state index is 4.94. The summed E-state index contributed by atoms with van der Waals surface area (Å²) in [6.45, 7) is 6.83. The Morgan fingerprint density at radius 2 is 1.24 bits per heavy atom. The lowest BCUT2D eigenvalue weighted by Crippen LogP contribution is -2.12. The number of nitrogens with one attached hydrogen (secondary N) is 1. The molecule has 0 aromatic carbocycles.